The minimum Gasteiger partial charge on any atom is -0.388 e. The lowest BCUT2D eigenvalue weighted by molar-refractivity contribution is -0.163. The molecule has 2 unspecified atom stereocenters. The highest BCUT2D eigenvalue weighted by Crippen LogP contribution is 2.39. The Morgan fingerprint density at radius 3 is 2.46 bits per heavy atom. The molecule has 2 atom stereocenters. The number of aliphatic hydroxyl groups is 2. The molecular weight excluding hydrogens is 584 g/mol. The van der Waals surface area contributed by atoms with Crippen molar-refractivity contribution in [2.24, 2.45) is 4.99 Å². The van der Waals surface area contributed by atoms with Gasteiger partial charge in [-0.2, -0.15) is 10.1 Å². The smallest absolute Gasteiger partial charge is 0.280 e. The summed E-state index contributed by atoms with van der Waals surface area (Å²) in [5, 5.41) is 24.7. The highest BCUT2D eigenvalue weighted by atomic mass is 16.7. The number of ether oxygens (including phenoxy) is 1. The number of rotatable bonds is 10. The third-order valence-corrected chi connectivity index (χ3v) is 9.48. The molecule has 2 aromatic carbocycles. The van der Waals surface area contributed by atoms with Crippen LogP contribution in [-0.4, -0.2) is 58.9 Å². The molecule has 0 amide bonds. The number of hydroxylamine groups is 1. The Kier molecular flexibility index (Phi) is 8.86. The first-order valence-corrected chi connectivity index (χ1v) is 16.2. The Hall–Kier alpha value is -3.90. The van der Waals surface area contributed by atoms with E-state index in [-0.39, 0.29) is 23.3 Å². The molecule has 0 bridgehead atoms. The van der Waals surface area contributed by atoms with Crippen molar-refractivity contribution in [3.05, 3.63) is 87.6 Å². The molecule has 1 aliphatic carbocycles. The van der Waals surface area contributed by atoms with E-state index in [0.717, 1.165) is 65.6 Å². The molecule has 11 heteroatoms. The zero-order valence-corrected chi connectivity index (χ0v) is 27.2. The van der Waals surface area contributed by atoms with Crippen LogP contribution in [0.15, 0.2) is 64.6 Å². The van der Waals surface area contributed by atoms with E-state index in [4.69, 9.17) is 9.57 Å². The molecule has 6 rings (SSSR count). The molecule has 3 heterocycles. The van der Waals surface area contributed by atoms with E-state index < -0.39 is 12.0 Å². The summed E-state index contributed by atoms with van der Waals surface area (Å²) in [7, 11) is 0. The minimum absolute atomic E-state index is 0.0124. The fourth-order valence-electron chi connectivity index (χ4n) is 6.58. The molecule has 2 aromatic heterocycles. The lowest BCUT2D eigenvalue weighted by Gasteiger charge is -2.42. The van der Waals surface area contributed by atoms with Gasteiger partial charge in [-0.15, -0.1) is 0 Å². The van der Waals surface area contributed by atoms with E-state index in [1.165, 1.54) is 6.33 Å². The molecular formula is C35H44N6O5. The molecule has 244 valence electrons. The van der Waals surface area contributed by atoms with Gasteiger partial charge in [-0.3, -0.25) is 9.36 Å². The summed E-state index contributed by atoms with van der Waals surface area (Å²) in [4.78, 5) is 28.1. The number of hydrogen-bond donors (Lipinski definition) is 3. The van der Waals surface area contributed by atoms with Gasteiger partial charge < -0.3 is 14.9 Å². The number of nitrogens with zero attached hydrogens (tertiary/aromatic N) is 5. The summed E-state index contributed by atoms with van der Waals surface area (Å²) in [5.74, 6) is 1.06. The third-order valence-electron chi connectivity index (χ3n) is 9.48. The quantitative estimate of drug-likeness (QED) is 0.230. The van der Waals surface area contributed by atoms with Crippen molar-refractivity contribution in [1.29, 1.82) is 0 Å². The van der Waals surface area contributed by atoms with Crippen molar-refractivity contribution >= 4 is 11.6 Å². The normalized spacial score (nSPS) is 22.5. The minimum atomic E-state index is -1.23. The lowest BCUT2D eigenvalue weighted by Crippen LogP contribution is -2.45. The predicted molar refractivity (Wildman–Crippen MR) is 175 cm³/mol. The summed E-state index contributed by atoms with van der Waals surface area (Å²) in [6, 6.07) is 16.0. The molecule has 3 N–H and O–H groups in total. The van der Waals surface area contributed by atoms with Gasteiger partial charge in [0.25, 0.3) is 12.0 Å². The highest BCUT2D eigenvalue weighted by molar-refractivity contribution is 6.04. The maximum atomic E-state index is 14.4. The number of nitrogens with one attached hydrogen (secondary N) is 1. The van der Waals surface area contributed by atoms with E-state index in [2.05, 4.69) is 46.5 Å². The van der Waals surface area contributed by atoms with Crippen LogP contribution in [0.1, 0.15) is 95.1 Å². The second-order valence-electron chi connectivity index (χ2n) is 13.4. The van der Waals surface area contributed by atoms with Gasteiger partial charge in [-0.25, -0.2) is 19.8 Å². The second-order valence-corrected chi connectivity index (χ2v) is 13.4. The van der Waals surface area contributed by atoms with Crippen LogP contribution in [0.5, 0.6) is 0 Å². The van der Waals surface area contributed by atoms with Gasteiger partial charge in [0.15, 0.2) is 5.84 Å². The monoisotopic (exact) mass is 628 g/mol. The molecule has 11 nitrogen and oxygen atoms in total. The van der Waals surface area contributed by atoms with E-state index in [1.807, 2.05) is 52.4 Å². The van der Waals surface area contributed by atoms with Crippen LogP contribution in [-0.2, 0) is 22.4 Å². The lowest BCUT2D eigenvalue weighted by atomic mass is 9.82. The second kappa shape index (κ2) is 12.7. The molecule has 1 saturated carbocycles. The van der Waals surface area contributed by atoms with Crippen LogP contribution < -0.4 is 11.0 Å². The SMILES string of the molecule is CCCc1c(Cc2ccc(-c3ccccc3C3=NC(O)ON3)cc2)c(=O)n(C2CCC(C)(OC(C)C(C)(C)O)CC2)c2ncnn12. The fourth-order valence-corrected chi connectivity index (χ4v) is 6.58. The molecule has 4 aromatic rings. The molecule has 46 heavy (non-hydrogen) atoms. The number of aliphatic imine (C=N–C) groups is 1. The molecule has 0 radical (unpaired) electrons. The Balaban J connectivity index is 1.30. The van der Waals surface area contributed by atoms with Crippen LogP contribution in [0, 0.1) is 0 Å². The zero-order chi connectivity index (χ0) is 32.6. The van der Waals surface area contributed by atoms with E-state index in [0.29, 0.717) is 24.5 Å². The standard InChI is InChI=1S/C35H44N6O5/c1-6-9-29-28(20-23-12-14-24(15-13-23)26-10-7-8-11-27(26)30-38-33(43)46-39-30)31(42)40(32-36-21-37-41(29)32)25-16-18-35(5,19-17-25)45-22(2)34(3,4)44/h7-8,10-15,21-22,25,33,43-44H,6,9,16-20H2,1-5H3,(H,38,39). The third kappa shape index (κ3) is 6.37. The fraction of sp³-hybridized carbons (Fsp3) is 0.486. The van der Waals surface area contributed by atoms with Gasteiger partial charge >= 0.3 is 0 Å². The predicted octanol–water partition coefficient (Wildman–Crippen LogP) is 4.71. The number of aliphatic hydroxyl groups excluding tert-OH is 1. The van der Waals surface area contributed by atoms with Gasteiger partial charge in [-0.05, 0) is 76.5 Å². The number of amidine groups is 1. The molecule has 0 saturated heterocycles. The topological polar surface area (TPSA) is 136 Å². The number of aromatic nitrogens is 4. The van der Waals surface area contributed by atoms with Crippen LogP contribution in [0.2, 0.25) is 0 Å². The molecule has 0 spiro atoms. The van der Waals surface area contributed by atoms with Crippen molar-refractivity contribution in [2.45, 2.75) is 109 Å². The maximum Gasteiger partial charge on any atom is 0.280 e. The number of aryl methyl sites for hydroxylation is 1. The van der Waals surface area contributed by atoms with E-state index >= 15 is 0 Å². The van der Waals surface area contributed by atoms with Crippen molar-refractivity contribution in [2.75, 3.05) is 0 Å². The average molecular weight is 629 g/mol. The summed E-state index contributed by atoms with van der Waals surface area (Å²) < 4.78 is 10.1. The van der Waals surface area contributed by atoms with E-state index in [9.17, 15) is 15.0 Å². The van der Waals surface area contributed by atoms with E-state index in [1.54, 1.807) is 13.8 Å². The van der Waals surface area contributed by atoms with Crippen LogP contribution >= 0.6 is 0 Å². The first-order chi connectivity index (χ1) is 22.0. The summed E-state index contributed by atoms with van der Waals surface area (Å²) >= 11 is 0. The highest BCUT2D eigenvalue weighted by Gasteiger charge is 2.38. The van der Waals surface area contributed by atoms with Crippen molar-refractivity contribution in [3.63, 3.8) is 0 Å². The largest absolute Gasteiger partial charge is 0.388 e. The van der Waals surface area contributed by atoms with Crippen LogP contribution in [0.4, 0.5) is 0 Å². The first-order valence-electron chi connectivity index (χ1n) is 16.2. The average Bonchev–Trinajstić information content (AvgIpc) is 3.69. The zero-order valence-electron chi connectivity index (χ0n) is 27.2. The molecule has 1 fully saturated rings. The maximum absolute atomic E-state index is 14.4. The van der Waals surface area contributed by atoms with Gasteiger partial charge in [-0.1, -0.05) is 61.9 Å². The van der Waals surface area contributed by atoms with Crippen molar-refractivity contribution in [3.8, 4) is 11.1 Å². The van der Waals surface area contributed by atoms with Crippen molar-refractivity contribution < 1.29 is 19.8 Å². The number of fused-ring (bicyclic) bond motifs is 1. The van der Waals surface area contributed by atoms with Gasteiger partial charge in [0, 0.05) is 23.6 Å². The van der Waals surface area contributed by atoms with Crippen LogP contribution in [0.3, 0.4) is 0 Å². The molecule has 1 aliphatic heterocycles. The Morgan fingerprint density at radius 1 is 1.13 bits per heavy atom. The van der Waals surface area contributed by atoms with Crippen molar-refractivity contribution in [1.82, 2.24) is 24.6 Å². The number of benzene rings is 2. The molecule has 2 aliphatic rings. The Bertz CT molecular complexity index is 1780. The van der Waals surface area contributed by atoms with Gasteiger partial charge in [0.2, 0.25) is 5.78 Å². The summed E-state index contributed by atoms with van der Waals surface area (Å²) in [6.07, 6.45) is 5.12. The van der Waals surface area contributed by atoms with Gasteiger partial charge in [0.1, 0.15) is 6.33 Å². The Morgan fingerprint density at radius 2 is 1.83 bits per heavy atom. The summed E-state index contributed by atoms with van der Waals surface area (Å²) in [5.41, 5.74) is 6.78. The van der Waals surface area contributed by atoms with Gasteiger partial charge in [0.05, 0.1) is 23.0 Å². The summed E-state index contributed by atoms with van der Waals surface area (Å²) in [6.45, 7) is 9.66. The number of hydrogen-bond acceptors (Lipinski definition) is 9. The first kappa shape index (κ1) is 32.1. The Labute approximate surface area is 268 Å². The van der Waals surface area contributed by atoms with Crippen LogP contribution in [0.25, 0.3) is 16.9 Å².